The number of nitrogens with one attached hydrogen (secondary N) is 1. The minimum atomic E-state index is -0.469. The van der Waals surface area contributed by atoms with Gasteiger partial charge in [-0.05, 0) is 25.0 Å². The summed E-state index contributed by atoms with van der Waals surface area (Å²) >= 11 is 0. The monoisotopic (exact) mass is 363 g/mol. The Balaban J connectivity index is 0.00000242. The lowest BCUT2D eigenvalue weighted by Gasteiger charge is -2.31. The summed E-state index contributed by atoms with van der Waals surface area (Å²) in [7, 11) is 0. The van der Waals surface area contributed by atoms with Crippen LogP contribution in [0.25, 0.3) is 0 Å². The highest BCUT2D eigenvalue weighted by molar-refractivity contribution is 5.85. The summed E-state index contributed by atoms with van der Waals surface area (Å²) in [6.45, 7) is 7.96. The van der Waals surface area contributed by atoms with Gasteiger partial charge in [-0.25, -0.2) is 0 Å². The molecule has 1 aromatic rings. The molecule has 0 aliphatic carbocycles. The predicted molar refractivity (Wildman–Crippen MR) is 97.1 cm³/mol. The fourth-order valence-corrected chi connectivity index (χ4v) is 2.48. The van der Waals surface area contributed by atoms with E-state index in [1.807, 2.05) is 12.1 Å². The molecule has 2 rings (SSSR count). The average Bonchev–Trinajstić information content (AvgIpc) is 2.45. The molecule has 0 radical (unpaired) electrons. The Morgan fingerprint density at radius 2 is 2.13 bits per heavy atom. The fraction of sp³-hybridized carbons (Fsp3) is 0.562. The van der Waals surface area contributed by atoms with Crippen LogP contribution in [0.4, 0.5) is 0 Å². The standard InChI is InChI=1S/C16H25N3O2.2ClH/c1-12-10-19(6-7-21-12)11-15-5-3-4-14(8-15)9-18-16(20)13(2)17;;/h3-5,8,12-13H,6-7,9-11,17H2,1-2H3,(H,18,20);2*1H/t12?,13-;;/m1../s1. The molecule has 0 aromatic heterocycles. The van der Waals surface area contributed by atoms with E-state index in [1.165, 1.54) is 5.56 Å². The van der Waals surface area contributed by atoms with Crippen molar-refractivity contribution in [2.24, 2.45) is 5.73 Å². The molecule has 0 bridgehead atoms. The van der Waals surface area contributed by atoms with Gasteiger partial charge in [-0.1, -0.05) is 24.3 Å². The first-order valence-corrected chi connectivity index (χ1v) is 7.49. The molecule has 5 nitrogen and oxygen atoms in total. The third kappa shape index (κ3) is 7.50. The number of hydrogen-bond donors (Lipinski definition) is 2. The predicted octanol–water partition coefficient (Wildman–Crippen LogP) is 1.71. The molecule has 0 saturated carbocycles. The number of rotatable bonds is 5. The number of morpholine rings is 1. The molecule has 3 N–H and O–H groups in total. The normalized spacial score (nSPS) is 19.2. The van der Waals surface area contributed by atoms with Crippen molar-refractivity contribution < 1.29 is 9.53 Å². The van der Waals surface area contributed by atoms with Gasteiger partial charge in [0.05, 0.1) is 18.8 Å². The molecule has 1 fully saturated rings. The molecule has 2 atom stereocenters. The van der Waals surface area contributed by atoms with E-state index in [-0.39, 0.29) is 30.7 Å². The second-order valence-corrected chi connectivity index (χ2v) is 5.74. The van der Waals surface area contributed by atoms with E-state index in [1.54, 1.807) is 6.92 Å². The molecule has 132 valence electrons. The van der Waals surface area contributed by atoms with Crippen molar-refractivity contribution in [1.29, 1.82) is 0 Å². The number of halogens is 2. The van der Waals surface area contributed by atoms with Gasteiger partial charge in [0, 0.05) is 26.2 Å². The molecule has 1 heterocycles. The van der Waals surface area contributed by atoms with Gasteiger partial charge in [0.2, 0.25) is 5.91 Å². The van der Waals surface area contributed by atoms with Crippen molar-refractivity contribution >= 4 is 30.7 Å². The van der Waals surface area contributed by atoms with Crippen molar-refractivity contribution in [3.63, 3.8) is 0 Å². The summed E-state index contributed by atoms with van der Waals surface area (Å²) in [6.07, 6.45) is 0.298. The Labute approximate surface area is 150 Å². The minimum Gasteiger partial charge on any atom is -0.376 e. The molecule has 1 aliphatic rings. The van der Waals surface area contributed by atoms with Gasteiger partial charge in [-0.2, -0.15) is 0 Å². The van der Waals surface area contributed by atoms with Crippen LogP contribution < -0.4 is 11.1 Å². The van der Waals surface area contributed by atoms with Crippen molar-refractivity contribution in [1.82, 2.24) is 10.2 Å². The van der Waals surface area contributed by atoms with Crippen molar-refractivity contribution in [2.45, 2.75) is 39.1 Å². The average molecular weight is 364 g/mol. The first-order chi connectivity index (χ1) is 10.0. The SMILES string of the molecule is CC1CN(Cc2cccc(CNC(=O)[C@@H](C)N)c2)CCO1.Cl.Cl. The van der Waals surface area contributed by atoms with Gasteiger partial charge in [-0.3, -0.25) is 9.69 Å². The van der Waals surface area contributed by atoms with Gasteiger partial charge in [-0.15, -0.1) is 24.8 Å². The summed E-state index contributed by atoms with van der Waals surface area (Å²) in [5, 5.41) is 2.84. The Morgan fingerprint density at radius 1 is 1.43 bits per heavy atom. The number of carbonyl (C=O) groups excluding carboxylic acids is 1. The molecule has 1 aliphatic heterocycles. The number of ether oxygens (including phenoxy) is 1. The summed E-state index contributed by atoms with van der Waals surface area (Å²) in [5.41, 5.74) is 7.90. The summed E-state index contributed by atoms with van der Waals surface area (Å²) < 4.78 is 5.56. The van der Waals surface area contributed by atoms with Gasteiger partial charge < -0.3 is 15.8 Å². The lowest BCUT2D eigenvalue weighted by atomic mass is 10.1. The molecule has 7 heteroatoms. The van der Waals surface area contributed by atoms with E-state index in [0.717, 1.165) is 31.8 Å². The Hall–Kier alpha value is -0.850. The first-order valence-electron chi connectivity index (χ1n) is 7.49. The van der Waals surface area contributed by atoms with Gasteiger partial charge in [0.25, 0.3) is 0 Å². The van der Waals surface area contributed by atoms with E-state index >= 15 is 0 Å². The summed E-state index contributed by atoms with van der Waals surface area (Å²) in [6, 6.07) is 7.85. The van der Waals surface area contributed by atoms with Crippen LogP contribution in [-0.2, 0) is 22.6 Å². The van der Waals surface area contributed by atoms with Crippen LogP contribution in [-0.4, -0.2) is 42.6 Å². The molecule has 1 saturated heterocycles. The third-order valence-corrected chi connectivity index (χ3v) is 3.60. The summed E-state index contributed by atoms with van der Waals surface area (Å²) in [4.78, 5) is 13.9. The van der Waals surface area contributed by atoms with Crippen LogP contribution in [0.2, 0.25) is 0 Å². The smallest absolute Gasteiger partial charge is 0.236 e. The molecule has 1 amide bonds. The van der Waals surface area contributed by atoms with Crippen molar-refractivity contribution in [2.75, 3.05) is 19.7 Å². The summed E-state index contributed by atoms with van der Waals surface area (Å²) in [5.74, 6) is -0.123. The Kier molecular flexibility index (Phi) is 10.4. The number of carbonyl (C=O) groups is 1. The highest BCUT2D eigenvalue weighted by Gasteiger charge is 2.16. The lowest BCUT2D eigenvalue weighted by molar-refractivity contribution is -0.122. The van der Waals surface area contributed by atoms with E-state index in [4.69, 9.17) is 10.5 Å². The van der Waals surface area contributed by atoms with E-state index in [9.17, 15) is 4.79 Å². The van der Waals surface area contributed by atoms with Crippen molar-refractivity contribution in [3.05, 3.63) is 35.4 Å². The Bertz CT molecular complexity index is 486. The quantitative estimate of drug-likeness (QED) is 0.835. The van der Waals surface area contributed by atoms with Crippen LogP contribution in [0.5, 0.6) is 0 Å². The van der Waals surface area contributed by atoms with E-state index < -0.39 is 6.04 Å². The van der Waals surface area contributed by atoms with Crippen LogP contribution in [0.15, 0.2) is 24.3 Å². The topological polar surface area (TPSA) is 67.6 Å². The van der Waals surface area contributed by atoms with Gasteiger partial charge >= 0.3 is 0 Å². The number of benzene rings is 1. The molecule has 0 spiro atoms. The van der Waals surface area contributed by atoms with Crippen LogP contribution in [0.1, 0.15) is 25.0 Å². The van der Waals surface area contributed by atoms with Gasteiger partial charge in [0.15, 0.2) is 0 Å². The van der Waals surface area contributed by atoms with Crippen molar-refractivity contribution in [3.8, 4) is 0 Å². The first kappa shape index (κ1) is 22.1. The number of nitrogens with two attached hydrogens (primary N) is 1. The maximum Gasteiger partial charge on any atom is 0.236 e. The highest BCUT2D eigenvalue weighted by Crippen LogP contribution is 2.12. The van der Waals surface area contributed by atoms with E-state index in [0.29, 0.717) is 12.6 Å². The molecular formula is C16H27Cl2N3O2. The second kappa shape index (κ2) is 10.8. The van der Waals surface area contributed by atoms with E-state index in [2.05, 4.69) is 29.3 Å². The minimum absolute atomic E-state index is 0. The number of hydrogen-bond acceptors (Lipinski definition) is 4. The number of nitrogens with zero attached hydrogens (tertiary/aromatic N) is 1. The zero-order valence-corrected chi connectivity index (χ0v) is 15.3. The molecule has 23 heavy (non-hydrogen) atoms. The maximum atomic E-state index is 11.5. The Morgan fingerprint density at radius 3 is 2.78 bits per heavy atom. The van der Waals surface area contributed by atoms with Crippen LogP contribution in [0.3, 0.4) is 0 Å². The van der Waals surface area contributed by atoms with Crippen LogP contribution in [0, 0.1) is 0 Å². The maximum absolute atomic E-state index is 11.5. The second-order valence-electron chi connectivity index (χ2n) is 5.74. The zero-order chi connectivity index (χ0) is 15.2. The number of amides is 1. The third-order valence-electron chi connectivity index (χ3n) is 3.60. The molecule has 1 aromatic carbocycles. The fourth-order valence-electron chi connectivity index (χ4n) is 2.48. The lowest BCUT2D eigenvalue weighted by Crippen LogP contribution is -2.40. The van der Waals surface area contributed by atoms with Crippen LogP contribution >= 0.6 is 24.8 Å². The molecular weight excluding hydrogens is 337 g/mol. The molecule has 1 unspecified atom stereocenters. The highest BCUT2D eigenvalue weighted by atomic mass is 35.5. The zero-order valence-electron chi connectivity index (χ0n) is 13.7. The van der Waals surface area contributed by atoms with Gasteiger partial charge in [0.1, 0.15) is 0 Å². The largest absolute Gasteiger partial charge is 0.376 e.